The van der Waals surface area contributed by atoms with Crippen molar-refractivity contribution in [2.24, 2.45) is 0 Å². The molecule has 0 saturated carbocycles. The zero-order valence-electron chi connectivity index (χ0n) is 12.0. The zero-order valence-corrected chi connectivity index (χ0v) is 12.0. The Hall–Kier alpha value is -2.57. The van der Waals surface area contributed by atoms with Crippen LogP contribution in [-0.2, 0) is 6.54 Å². The van der Waals surface area contributed by atoms with Gasteiger partial charge in [-0.1, -0.05) is 0 Å². The maximum absolute atomic E-state index is 10.9. The van der Waals surface area contributed by atoms with Crippen molar-refractivity contribution >= 4 is 17.1 Å². The molecular weight excluding hydrogens is 270 g/mol. The molecule has 2 N–H and O–H groups in total. The monoisotopic (exact) mass is 289 g/mol. The lowest BCUT2D eigenvalue weighted by atomic mass is 10.2. The van der Waals surface area contributed by atoms with Crippen LogP contribution in [0.3, 0.4) is 0 Å². The third-order valence-corrected chi connectivity index (χ3v) is 2.96. The van der Waals surface area contributed by atoms with E-state index in [1.54, 1.807) is 18.3 Å². The van der Waals surface area contributed by atoms with Gasteiger partial charge in [-0.15, -0.1) is 0 Å². The highest BCUT2D eigenvalue weighted by Crippen LogP contribution is 2.24. The highest BCUT2D eigenvalue weighted by Gasteiger charge is 2.09. The molecule has 1 aromatic heterocycles. The van der Waals surface area contributed by atoms with Gasteiger partial charge in [-0.3, -0.25) is 14.8 Å². The molecule has 112 valence electrons. The minimum Gasteiger partial charge on any atom is -0.385 e. The molecular formula is C14H19N5O2. The van der Waals surface area contributed by atoms with Crippen LogP contribution in [0.5, 0.6) is 0 Å². The van der Waals surface area contributed by atoms with E-state index in [0.717, 1.165) is 37.4 Å². The first-order valence-corrected chi connectivity index (χ1v) is 6.93. The molecule has 0 atom stereocenters. The fraction of sp³-hybridized carbons (Fsp3) is 0.357. The highest BCUT2D eigenvalue weighted by atomic mass is 16.6. The van der Waals surface area contributed by atoms with E-state index in [9.17, 15) is 10.1 Å². The number of benzene rings is 1. The molecule has 21 heavy (non-hydrogen) atoms. The number of hydrogen-bond donors (Lipinski definition) is 2. The molecule has 0 amide bonds. The molecule has 0 fully saturated rings. The summed E-state index contributed by atoms with van der Waals surface area (Å²) >= 11 is 0. The lowest BCUT2D eigenvalue weighted by Crippen LogP contribution is -2.08. The lowest BCUT2D eigenvalue weighted by Gasteiger charge is -2.09. The standard InChI is InChI=1S/C14H19N5O2/c1-2-15-12-9-13(11-14(10-12)19(20)21)16-5-3-7-18-8-4-6-17-18/h4,6,8-11,15-16H,2-3,5,7H2,1H3. The van der Waals surface area contributed by atoms with Gasteiger partial charge in [-0.2, -0.15) is 5.10 Å². The molecule has 2 aromatic rings. The van der Waals surface area contributed by atoms with Crippen molar-refractivity contribution in [1.82, 2.24) is 9.78 Å². The number of non-ortho nitro benzene ring substituents is 1. The molecule has 1 heterocycles. The lowest BCUT2D eigenvalue weighted by molar-refractivity contribution is -0.384. The Labute approximate surface area is 123 Å². The molecule has 1 aromatic carbocycles. The minimum atomic E-state index is -0.379. The summed E-state index contributed by atoms with van der Waals surface area (Å²) in [5.74, 6) is 0. The number of nitrogens with one attached hydrogen (secondary N) is 2. The molecule has 0 bridgehead atoms. The van der Waals surface area contributed by atoms with Crippen molar-refractivity contribution in [1.29, 1.82) is 0 Å². The number of nitro benzene ring substituents is 1. The number of nitro groups is 1. The molecule has 7 nitrogen and oxygen atoms in total. The molecule has 0 spiro atoms. The predicted molar refractivity (Wildman–Crippen MR) is 82.6 cm³/mol. The smallest absolute Gasteiger partial charge is 0.273 e. The quantitative estimate of drug-likeness (QED) is 0.443. The Kier molecular flexibility index (Phi) is 5.14. The Morgan fingerprint density at radius 1 is 1.29 bits per heavy atom. The molecule has 2 rings (SSSR count). The van der Waals surface area contributed by atoms with Crippen LogP contribution in [0.1, 0.15) is 13.3 Å². The van der Waals surface area contributed by atoms with Crippen LogP contribution in [0, 0.1) is 10.1 Å². The number of hydrogen-bond acceptors (Lipinski definition) is 5. The van der Waals surface area contributed by atoms with Gasteiger partial charge in [-0.05, 0) is 25.5 Å². The van der Waals surface area contributed by atoms with Gasteiger partial charge in [0, 0.05) is 55.5 Å². The zero-order chi connectivity index (χ0) is 15.1. The van der Waals surface area contributed by atoms with E-state index in [4.69, 9.17) is 0 Å². The summed E-state index contributed by atoms with van der Waals surface area (Å²) < 4.78 is 1.86. The second-order valence-electron chi connectivity index (χ2n) is 4.61. The van der Waals surface area contributed by atoms with Crippen molar-refractivity contribution in [3.63, 3.8) is 0 Å². The van der Waals surface area contributed by atoms with Crippen LogP contribution in [-0.4, -0.2) is 27.8 Å². The summed E-state index contributed by atoms with van der Waals surface area (Å²) in [4.78, 5) is 10.6. The predicted octanol–water partition coefficient (Wildman–Crippen LogP) is 2.73. The molecule has 7 heteroatoms. The maximum Gasteiger partial charge on any atom is 0.273 e. The van der Waals surface area contributed by atoms with E-state index in [-0.39, 0.29) is 10.6 Å². The summed E-state index contributed by atoms with van der Waals surface area (Å²) in [6.45, 7) is 4.22. The Morgan fingerprint density at radius 3 is 2.67 bits per heavy atom. The first-order chi connectivity index (χ1) is 10.2. The van der Waals surface area contributed by atoms with Gasteiger partial charge in [0.25, 0.3) is 5.69 Å². The minimum absolute atomic E-state index is 0.0861. The first kappa shape index (κ1) is 14.8. The average molecular weight is 289 g/mol. The third kappa shape index (κ3) is 4.48. The Bertz CT molecular complexity index is 583. The summed E-state index contributed by atoms with van der Waals surface area (Å²) in [6.07, 6.45) is 4.55. The second-order valence-corrected chi connectivity index (χ2v) is 4.61. The number of anilines is 2. The van der Waals surface area contributed by atoms with E-state index < -0.39 is 0 Å². The van der Waals surface area contributed by atoms with Gasteiger partial charge in [0.1, 0.15) is 0 Å². The van der Waals surface area contributed by atoms with Gasteiger partial charge in [-0.25, -0.2) is 0 Å². The molecule has 0 radical (unpaired) electrons. The molecule has 0 aliphatic heterocycles. The van der Waals surface area contributed by atoms with E-state index in [1.165, 1.54) is 0 Å². The van der Waals surface area contributed by atoms with Gasteiger partial charge < -0.3 is 10.6 Å². The molecule has 0 saturated heterocycles. The molecule has 0 aliphatic carbocycles. The number of rotatable bonds is 8. The van der Waals surface area contributed by atoms with E-state index >= 15 is 0 Å². The summed E-state index contributed by atoms with van der Waals surface area (Å²) in [5, 5.41) is 21.4. The van der Waals surface area contributed by atoms with Crippen LogP contribution in [0.2, 0.25) is 0 Å². The fourth-order valence-electron chi connectivity index (χ4n) is 2.03. The number of aromatic nitrogens is 2. The third-order valence-electron chi connectivity index (χ3n) is 2.96. The van der Waals surface area contributed by atoms with Crippen molar-refractivity contribution in [2.75, 3.05) is 23.7 Å². The van der Waals surface area contributed by atoms with E-state index in [0.29, 0.717) is 0 Å². The number of nitrogens with zero attached hydrogens (tertiary/aromatic N) is 3. The average Bonchev–Trinajstić information content (AvgIpc) is 2.97. The SMILES string of the molecule is CCNc1cc(NCCCn2cccn2)cc([N+](=O)[O-])c1. The van der Waals surface area contributed by atoms with Gasteiger partial charge in [0.05, 0.1) is 4.92 Å². The van der Waals surface area contributed by atoms with Crippen LogP contribution in [0.15, 0.2) is 36.7 Å². The fourth-order valence-corrected chi connectivity index (χ4v) is 2.03. The van der Waals surface area contributed by atoms with E-state index in [2.05, 4.69) is 15.7 Å². The van der Waals surface area contributed by atoms with Gasteiger partial charge >= 0.3 is 0 Å². The van der Waals surface area contributed by atoms with Crippen LogP contribution in [0.25, 0.3) is 0 Å². The maximum atomic E-state index is 10.9. The summed E-state index contributed by atoms with van der Waals surface area (Å²) in [5.41, 5.74) is 1.59. The van der Waals surface area contributed by atoms with Crippen molar-refractivity contribution in [3.05, 3.63) is 46.8 Å². The Morgan fingerprint density at radius 2 is 2.05 bits per heavy atom. The highest BCUT2D eigenvalue weighted by molar-refractivity contribution is 5.63. The molecule has 0 aliphatic rings. The Balaban J connectivity index is 1.93. The largest absolute Gasteiger partial charge is 0.385 e. The first-order valence-electron chi connectivity index (χ1n) is 6.93. The van der Waals surface area contributed by atoms with Crippen LogP contribution < -0.4 is 10.6 Å². The van der Waals surface area contributed by atoms with Crippen molar-refractivity contribution in [2.45, 2.75) is 19.9 Å². The topological polar surface area (TPSA) is 85.0 Å². The summed E-state index contributed by atoms with van der Waals surface area (Å²) in [7, 11) is 0. The van der Waals surface area contributed by atoms with Gasteiger partial charge in [0.2, 0.25) is 0 Å². The summed E-state index contributed by atoms with van der Waals surface area (Å²) in [6, 6.07) is 6.86. The second kappa shape index (κ2) is 7.28. The molecule has 0 unspecified atom stereocenters. The van der Waals surface area contributed by atoms with Crippen LogP contribution >= 0.6 is 0 Å². The number of aryl methyl sites for hydroxylation is 1. The van der Waals surface area contributed by atoms with E-state index in [1.807, 2.05) is 29.9 Å². The van der Waals surface area contributed by atoms with Crippen LogP contribution in [0.4, 0.5) is 17.1 Å². The normalized spacial score (nSPS) is 10.3. The van der Waals surface area contributed by atoms with Gasteiger partial charge in [0.15, 0.2) is 0 Å². The van der Waals surface area contributed by atoms with Crippen molar-refractivity contribution < 1.29 is 4.92 Å². The van der Waals surface area contributed by atoms with Crippen molar-refractivity contribution in [3.8, 4) is 0 Å².